The fourth-order valence-corrected chi connectivity index (χ4v) is 2.49. The molecule has 2 rings (SSSR count). The van der Waals surface area contributed by atoms with Gasteiger partial charge in [-0.25, -0.2) is 4.79 Å². The van der Waals surface area contributed by atoms with E-state index in [1.54, 1.807) is 29.5 Å². The average Bonchev–Trinajstić information content (AvgIpc) is 2.96. The van der Waals surface area contributed by atoms with Crippen molar-refractivity contribution in [2.45, 2.75) is 13.5 Å². The van der Waals surface area contributed by atoms with E-state index in [0.717, 1.165) is 22.1 Å². The highest BCUT2D eigenvalue weighted by atomic mass is 32.1. The predicted octanol–water partition coefficient (Wildman–Crippen LogP) is 3.08. The molecular formula is C16H15NO3S. The van der Waals surface area contributed by atoms with Gasteiger partial charge >= 0.3 is 5.97 Å². The number of amides is 1. The van der Waals surface area contributed by atoms with E-state index in [-0.39, 0.29) is 5.91 Å². The molecule has 1 aromatic carbocycles. The monoisotopic (exact) mass is 301 g/mol. The molecule has 0 atom stereocenters. The van der Waals surface area contributed by atoms with Crippen LogP contribution >= 0.6 is 11.3 Å². The van der Waals surface area contributed by atoms with Crippen molar-refractivity contribution in [1.82, 2.24) is 5.32 Å². The molecule has 0 saturated carbocycles. The fraction of sp³-hybridized carbons (Fsp3) is 0.125. The Balaban J connectivity index is 2.05. The number of aliphatic carboxylic acids is 1. The van der Waals surface area contributed by atoms with E-state index >= 15 is 0 Å². The molecule has 108 valence electrons. The number of carboxylic acids is 1. The first kappa shape index (κ1) is 15.0. The number of carbonyl (C=O) groups is 2. The Morgan fingerprint density at radius 2 is 2.14 bits per heavy atom. The maximum absolute atomic E-state index is 12.1. The molecule has 1 aromatic heterocycles. The maximum atomic E-state index is 12.1. The van der Waals surface area contributed by atoms with Gasteiger partial charge in [0.2, 0.25) is 0 Å². The van der Waals surface area contributed by atoms with E-state index in [1.807, 2.05) is 24.4 Å². The molecule has 4 nitrogen and oxygen atoms in total. The van der Waals surface area contributed by atoms with Gasteiger partial charge in [-0.05, 0) is 47.7 Å². The molecule has 5 heteroatoms. The van der Waals surface area contributed by atoms with Gasteiger partial charge in [0, 0.05) is 16.5 Å². The largest absolute Gasteiger partial charge is 0.478 e. The second-order valence-electron chi connectivity index (χ2n) is 4.50. The minimum absolute atomic E-state index is 0.139. The summed E-state index contributed by atoms with van der Waals surface area (Å²) in [7, 11) is 0. The SMILES string of the molecule is Cc1cc(C(=O)NCc2cccs2)ccc1/C=C/C(=O)O. The van der Waals surface area contributed by atoms with Gasteiger partial charge in [-0.2, -0.15) is 0 Å². The second kappa shape index (κ2) is 6.85. The molecule has 2 aromatic rings. The molecule has 0 bridgehead atoms. The molecule has 0 saturated heterocycles. The second-order valence-corrected chi connectivity index (χ2v) is 5.54. The van der Waals surface area contributed by atoms with Gasteiger partial charge in [0.05, 0.1) is 6.54 Å². The minimum atomic E-state index is -0.993. The number of nitrogens with one attached hydrogen (secondary N) is 1. The van der Waals surface area contributed by atoms with Crippen molar-refractivity contribution in [1.29, 1.82) is 0 Å². The summed E-state index contributed by atoms with van der Waals surface area (Å²) in [6.07, 6.45) is 2.60. The Hall–Kier alpha value is -2.40. The summed E-state index contributed by atoms with van der Waals surface area (Å²) in [4.78, 5) is 23.7. The van der Waals surface area contributed by atoms with Crippen molar-refractivity contribution in [2.75, 3.05) is 0 Å². The van der Waals surface area contributed by atoms with Gasteiger partial charge in [0.15, 0.2) is 0 Å². The van der Waals surface area contributed by atoms with Gasteiger partial charge in [0.25, 0.3) is 5.91 Å². The Labute approximate surface area is 126 Å². The number of thiophene rings is 1. The Morgan fingerprint density at radius 1 is 1.33 bits per heavy atom. The van der Waals surface area contributed by atoms with Crippen molar-refractivity contribution in [3.05, 3.63) is 63.4 Å². The van der Waals surface area contributed by atoms with Crippen LogP contribution in [-0.2, 0) is 11.3 Å². The van der Waals surface area contributed by atoms with Crippen LogP contribution in [-0.4, -0.2) is 17.0 Å². The molecule has 0 aliphatic heterocycles. The third-order valence-corrected chi connectivity index (χ3v) is 3.82. The smallest absolute Gasteiger partial charge is 0.328 e. The zero-order valence-electron chi connectivity index (χ0n) is 11.5. The van der Waals surface area contributed by atoms with E-state index in [4.69, 9.17) is 5.11 Å². The van der Waals surface area contributed by atoms with Gasteiger partial charge < -0.3 is 10.4 Å². The van der Waals surface area contributed by atoms with Crippen LogP contribution in [0.15, 0.2) is 41.8 Å². The van der Waals surface area contributed by atoms with Crippen molar-refractivity contribution in [3.63, 3.8) is 0 Å². The highest BCUT2D eigenvalue weighted by Crippen LogP contribution is 2.14. The Morgan fingerprint density at radius 3 is 2.76 bits per heavy atom. The van der Waals surface area contributed by atoms with E-state index in [0.29, 0.717) is 12.1 Å². The summed E-state index contributed by atoms with van der Waals surface area (Å²) in [6.45, 7) is 2.35. The van der Waals surface area contributed by atoms with Crippen molar-refractivity contribution in [2.24, 2.45) is 0 Å². The molecule has 21 heavy (non-hydrogen) atoms. The predicted molar refractivity (Wildman–Crippen MR) is 83.3 cm³/mol. The standard InChI is InChI=1S/C16H15NO3S/c1-11-9-13(5-4-12(11)6-7-15(18)19)16(20)17-10-14-3-2-8-21-14/h2-9H,10H2,1H3,(H,17,20)(H,18,19)/b7-6+. The van der Waals surface area contributed by atoms with Gasteiger partial charge in [-0.1, -0.05) is 12.1 Å². The minimum Gasteiger partial charge on any atom is -0.478 e. The van der Waals surface area contributed by atoms with E-state index in [9.17, 15) is 9.59 Å². The zero-order valence-corrected chi connectivity index (χ0v) is 12.3. The number of hydrogen-bond donors (Lipinski definition) is 2. The van der Waals surface area contributed by atoms with Crippen molar-refractivity contribution >= 4 is 29.3 Å². The van der Waals surface area contributed by atoms with Crippen LogP contribution in [0.25, 0.3) is 6.08 Å². The lowest BCUT2D eigenvalue weighted by Crippen LogP contribution is -2.22. The van der Waals surface area contributed by atoms with Crippen LogP contribution in [0.1, 0.15) is 26.4 Å². The Kier molecular flexibility index (Phi) is 4.90. The van der Waals surface area contributed by atoms with Crippen molar-refractivity contribution < 1.29 is 14.7 Å². The normalized spacial score (nSPS) is 10.7. The van der Waals surface area contributed by atoms with E-state index in [1.165, 1.54) is 6.08 Å². The average molecular weight is 301 g/mol. The van der Waals surface area contributed by atoms with Crippen LogP contribution in [0.4, 0.5) is 0 Å². The highest BCUT2D eigenvalue weighted by Gasteiger charge is 2.07. The third-order valence-electron chi connectivity index (χ3n) is 2.94. The van der Waals surface area contributed by atoms with Gasteiger partial charge in [0.1, 0.15) is 0 Å². The molecule has 0 spiro atoms. The lowest BCUT2D eigenvalue weighted by atomic mass is 10.0. The summed E-state index contributed by atoms with van der Waals surface area (Å²) >= 11 is 1.60. The summed E-state index contributed by atoms with van der Waals surface area (Å²) in [5.74, 6) is -1.13. The molecule has 0 aliphatic rings. The lowest BCUT2D eigenvalue weighted by Gasteiger charge is -2.06. The quantitative estimate of drug-likeness (QED) is 0.834. The number of rotatable bonds is 5. The first-order chi connectivity index (χ1) is 10.1. The number of benzene rings is 1. The lowest BCUT2D eigenvalue weighted by molar-refractivity contribution is -0.131. The topological polar surface area (TPSA) is 66.4 Å². The Bertz CT molecular complexity index is 675. The van der Waals surface area contributed by atoms with Crippen molar-refractivity contribution in [3.8, 4) is 0 Å². The molecule has 0 radical (unpaired) electrons. The number of aryl methyl sites for hydroxylation is 1. The van der Waals surface area contributed by atoms with Crippen LogP contribution in [0, 0.1) is 6.92 Å². The molecular weight excluding hydrogens is 286 g/mol. The summed E-state index contributed by atoms with van der Waals surface area (Å²) < 4.78 is 0. The van der Waals surface area contributed by atoms with Gasteiger partial charge in [-0.3, -0.25) is 4.79 Å². The molecule has 0 unspecified atom stereocenters. The third kappa shape index (κ3) is 4.29. The fourth-order valence-electron chi connectivity index (χ4n) is 1.85. The number of hydrogen-bond acceptors (Lipinski definition) is 3. The number of carbonyl (C=O) groups excluding carboxylic acids is 1. The molecule has 0 fully saturated rings. The highest BCUT2D eigenvalue weighted by molar-refractivity contribution is 7.09. The van der Waals surface area contributed by atoms with Gasteiger partial charge in [-0.15, -0.1) is 11.3 Å². The zero-order chi connectivity index (χ0) is 15.2. The molecule has 0 aliphatic carbocycles. The van der Waals surface area contributed by atoms with Crippen LogP contribution in [0.2, 0.25) is 0 Å². The van der Waals surface area contributed by atoms with Crippen LogP contribution in [0.5, 0.6) is 0 Å². The van der Waals surface area contributed by atoms with E-state index < -0.39 is 5.97 Å². The first-order valence-corrected chi connectivity index (χ1v) is 7.26. The molecule has 1 heterocycles. The summed E-state index contributed by atoms with van der Waals surface area (Å²) in [5, 5.41) is 13.4. The number of carboxylic acid groups (broad SMARTS) is 1. The van der Waals surface area contributed by atoms with E-state index in [2.05, 4.69) is 5.32 Å². The molecule has 1 amide bonds. The van der Waals surface area contributed by atoms with Crippen LogP contribution < -0.4 is 5.32 Å². The van der Waals surface area contributed by atoms with Crippen LogP contribution in [0.3, 0.4) is 0 Å². The maximum Gasteiger partial charge on any atom is 0.328 e. The molecule has 2 N–H and O–H groups in total. The first-order valence-electron chi connectivity index (χ1n) is 6.38. The summed E-state index contributed by atoms with van der Waals surface area (Å²) in [6, 6.07) is 9.11. The summed E-state index contributed by atoms with van der Waals surface area (Å²) in [5.41, 5.74) is 2.21.